The minimum absolute atomic E-state index is 0.724. The Bertz CT molecular complexity index is 1060. The zero-order valence-corrected chi connectivity index (χ0v) is 19.6. The van der Waals surface area contributed by atoms with Gasteiger partial charge in [0.25, 0.3) is 0 Å². The number of fused-ring (bicyclic) bond motifs is 3. The van der Waals surface area contributed by atoms with Crippen molar-refractivity contribution in [1.82, 2.24) is 4.57 Å². The Kier molecular flexibility index (Phi) is 5.16. The van der Waals surface area contributed by atoms with Crippen molar-refractivity contribution in [2.24, 2.45) is 0 Å². The van der Waals surface area contributed by atoms with Gasteiger partial charge in [0.1, 0.15) is 0 Å². The monoisotopic (exact) mass is 399 g/mol. The van der Waals surface area contributed by atoms with Crippen molar-refractivity contribution in [2.75, 3.05) is 0 Å². The molecule has 0 aliphatic heterocycles. The maximum Gasteiger partial charge on any atom is 0.0942 e. The number of hydrogen-bond acceptors (Lipinski definition) is 0. The molecule has 0 N–H and O–H groups in total. The first kappa shape index (κ1) is 20.0. The van der Waals surface area contributed by atoms with E-state index in [1.165, 1.54) is 27.5 Å². The minimum Gasteiger partial charge on any atom is -0.309 e. The van der Waals surface area contributed by atoms with Crippen LogP contribution in [0.15, 0.2) is 72.8 Å². The van der Waals surface area contributed by atoms with Crippen LogP contribution in [0.1, 0.15) is 41.5 Å². The minimum atomic E-state index is -1.63. The lowest BCUT2D eigenvalue weighted by Gasteiger charge is -2.43. The summed E-state index contributed by atoms with van der Waals surface area (Å²) >= 11 is 0. The maximum atomic E-state index is 2.44. The molecule has 4 rings (SSSR count). The summed E-state index contributed by atoms with van der Waals surface area (Å²) in [7, 11) is -1.63. The van der Waals surface area contributed by atoms with Crippen molar-refractivity contribution in [2.45, 2.75) is 58.2 Å². The number of benzene rings is 3. The molecule has 0 fully saturated rings. The van der Waals surface area contributed by atoms with Gasteiger partial charge in [0, 0.05) is 16.5 Å². The van der Waals surface area contributed by atoms with Gasteiger partial charge in [-0.2, -0.15) is 0 Å². The average Bonchev–Trinajstić information content (AvgIpc) is 3.03. The lowest BCUT2D eigenvalue weighted by Crippen LogP contribution is -2.55. The van der Waals surface area contributed by atoms with E-state index in [-0.39, 0.29) is 0 Å². The maximum absolute atomic E-state index is 2.44. The van der Waals surface area contributed by atoms with Gasteiger partial charge in [-0.3, -0.25) is 0 Å². The van der Waals surface area contributed by atoms with Crippen LogP contribution in [-0.2, 0) is 0 Å². The Hall–Kier alpha value is -2.32. The first-order valence-electron chi connectivity index (χ1n) is 11.0. The van der Waals surface area contributed by atoms with E-state index < -0.39 is 8.07 Å². The van der Waals surface area contributed by atoms with Crippen LogP contribution in [0.5, 0.6) is 0 Å². The number of rotatable bonds is 5. The van der Waals surface area contributed by atoms with E-state index in [1.807, 2.05) is 0 Å². The van der Waals surface area contributed by atoms with Crippen LogP contribution >= 0.6 is 0 Å². The van der Waals surface area contributed by atoms with Crippen molar-refractivity contribution in [3.8, 4) is 5.69 Å². The highest BCUT2D eigenvalue weighted by Gasteiger charge is 2.44. The SMILES string of the molecule is CC(C)[Si](c1ccc(-n2c3ccccc3c3ccccc32)cc1)(C(C)C)C(C)C. The Labute approximate surface area is 176 Å². The van der Waals surface area contributed by atoms with E-state index >= 15 is 0 Å². The molecule has 2 heteroatoms. The number of para-hydroxylation sites is 2. The molecule has 0 radical (unpaired) electrons. The highest BCUT2D eigenvalue weighted by atomic mass is 28.3. The first-order chi connectivity index (χ1) is 13.9. The van der Waals surface area contributed by atoms with Gasteiger partial charge in [-0.25, -0.2) is 0 Å². The van der Waals surface area contributed by atoms with Gasteiger partial charge in [0.15, 0.2) is 0 Å². The van der Waals surface area contributed by atoms with Gasteiger partial charge < -0.3 is 4.57 Å². The summed E-state index contributed by atoms with van der Waals surface area (Å²) in [6, 6.07) is 27.1. The van der Waals surface area contributed by atoms with Crippen LogP contribution in [-0.4, -0.2) is 12.6 Å². The van der Waals surface area contributed by atoms with E-state index in [2.05, 4.69) is 119 Å². The average molecular weight is 400 g/mol. The van der Waals surface area contributed by atoms with Crippen molar-refractivity contribution >= 4 is 35.1 Å². The van der Waals surface area contributed by atoms with Crippen LogP contribution in [0.3, 0.4) is 0 Å². The summed E-state index contributed by atoms with van der Waals surface area (Å²) in [6.07, 6.45) is 0. The van der Waals surface area contributed by atoms with E-state index in [0.29, 0.717) is 0 Å². The Morgan fingerprint density at radius 3 is 1.38 bits per heavy atom. The molecule has 0 saturated heterocycles. The van der Waals surface area contributed by atoms with E-state index in [9.17, 15) is 0 Å². The lowest BCUT2D eigenvalue weighted by molar-refractivity contribution is 0.835. The van der Waals surface area contributed by atoms with E-state index in [0.717, 1.165) is 16.6 Å². The molecular formula is C27H33NSi. The standard InChI is InChI=1S/C27H33NSi/c1-19(2)29(20(3)4,21(5)6)23-17-15-22(16-18-23)28-26-13-9-7-11-24(26)25-12-8-10-14-27(25)28/h7-21H,1-6H3. The summed E-state index contributed by atoms with van der Waals surface area (Å²) in [6.45, 7) is 14.6. The molecule has 3 aromatic carbocycles. The number of nitrogens with zero attached hydrogens (tertiary/aromatic N) is 1. The van der Waals surface area contributed by atoms with Crippen molar-refractivity contribution in [3.05, 3.63) is 72.8 Å². The van der Waals surface area contributed by atoms with E-state index in [4.69, 9.17) is 0 Å². The molecule has 1 heterocycles. The molecule has 0 saturated carbocycles. The van der Waals surface area contributed by atoms with Crippen molar-refractivity contribution < 1.29 is 0 Å². The molecule has 0 aliphatic rings. The Morgan fingerprint density at radius 1 is 0.552 bits per heavy atom. The Morgan fingerprint density at radius 2 is 0.966 bits per heavy atom. The van der Waals surface area contributed by atoms with Crippen molar-refractivity contribution in [3.63, 3.8) is 0 Å². The zero-order chi connectivity index (χ0) is 20.8. The third-order valence-electron chi connectivity index (χ3n) is 7.07. The van der Waals surface area contributed by atoms with Crippen LogP contribution in [0.25, 0.3) is 27.5 Å². The van der Waals surface area contributed by atoms with Gasteiger partial charge in [-0.05, 0) is 40.9 Å². The first-order valence-corrected chi connectivity index (χ1v) is 13.2. The summed E-state index contributed by atoms with van der Waals surface area (Å²) in [5, 5.41) is 4.24. The van der Waals surface area contributed by atoms with Crippen LogP contribution in [0.2, 0.25) is 16.6 Å². The second-order valence-electron chi connectivity index (χ2n) is 9.31. The molecule has 0 atom stereocenters. The molecule has 1 nitrogen and oxygen atoms in total. The topological polar surface area (TPSA) is 4.93 Å². The molecule has 29 heavy (non-hydrogen) atoms. The molecule has 4 aromatic rings. The largest absolute Gasteiger partial charge is 0.309 e. The van der Waals surface area contributed by atoms with Gasteiger partial charge in [0.2, 0.25) is 0 Å². The van der Waals surface area contributed by atoms with Gasteiger partial charge >= 0.3 is 0 Å². The molecule has 0 unspecified atom stereocenters. The zero-order valence-electron chi connectivity index (χ0n) is 18.6. The molecule has 0 aliphatic carbocycles. The summed E-state index contributed by atoms with van der Waals surface area (Å²) in [5.74, 6) is 0. The second kappa shape index (κ2) is 7.49. The van der Waals surface area contributed by atoms with Crippen LogP contribution in [0, 0.1) is 0 Å². The normalized spacial score (nSPS) is 12.7. The van der Waals surface area contributed by atoms with Gasteiger partial charge in [0.05, 0.1) is 19.1 Å². The van der Waals surface area contributed by atoms with Gasteiger partial charge in [-0.1, -0.05) is 95.3 Å². The fraction of sp³-hybridized carbons (Fsp3) is 0.333. The smallest absolute Gasteiger partial charge is 0.0942 e. The predicted octanol–water partition coefficient (Wildman–Crippen LogP) is 7.67. The van der Waals surface area contributed by atoms with Crippen LogP contribution in [0.4, 0.5) is 0 Å². The van der Waals surface area contributed by atoms with Gasteiger partial charge in [-0.15, -0.1) is 0 Å². The van der Waals surface area contributed by atoms with Crippen LogP contribution < -0.4 is 5.19 Å². The number of aromatic nitrogens is 1. The van der Waals surface area contributed by atoms with Crippen molar-refractivity contribution in [1.29, 1.82) is 0 Å². The fourth-order valence-electron chi connectivity index (χ4n) is 6.10. The Balaban J connectivity index is 1.91. The molecule has 0 spiro atoms. The fourth-order valence-corrected chi connectivity index (χ4v) is 12.8. The summed E-state index contributed by atoms with van der Waals surface area (Å²) in [4.78, 5) is 0. The lowest BCUT2D eigenvalue weighted by atomic mass is 10.2. The quantitative estimate of drug-likeness (QED) is 0.303. The summed E-state index contributed by atoms with van der Waals surface area (Å²) < 4.78 is 2.41. The molecule has 0 bridgehead atoms. The number of hydrogen-bond donors (Lipinski definition) is 0. The third kappa shape index (κ3) is 2.96. The predicted molar refractivity (Wildman–Crippen MR) is 131 cm³/mol. The molecule has 1 aromatic heterocycles. The molecule has 0 amide bonds. The highest BCUT2D eigenvalue weighted by molar-refractivity contribution is 6.95. The second-order valence-corrected chi connectivity index (χ2v) is 15.2. The third-order valence-corrected chi connectivity index (χ3v) is 14.1. The molecular weight excluding hydrogens is 366 g/mol. The molecule has 150 valence electrons. The summed E-state index contributed by atoms with van der Waals surface area (Å²) in [5.41, 5.74) is 5.98. The van der Waals surface area contributed by atoms with E-state index in [1.54, 1.807) is 5.19 Å². The highest BCUT2D eigenvalue weighted by Crippen LogP contribution is 2.41.